The van der Waals surface area contributed by atoms with E-state index in [1.165, 1.54) is 5.56 Å². The minimum absolute atomic E-state index is 0.273. The van der Waals surface area contributed by atoms with E-state index in [4.69, 9.17) is 0 Å². The van der Waals surface area contributed by atoms with Crippen LogP contribution in [-0.4, -0.2) is 12.3 Å². The fourth-order valence-electron chi connectivity index (χ4n) is 1.74. The van der Waals surface area contributed by atoms with Crippen LogP contribution in [0.25, 0.3) is 0 Å². The lowest BCUT2D eigenvalue weighted by atomic mass is 9.96. The lowest BCUT2D eigenvalue weighted by molar-refractivity contribution is -0.117. The minimum Gasteiger partial charge on any atom is -0.378 e. The predicted molar refractivity (Wildman–Crippen MR) is 57.7 cm³/mol. The van der Waals surface area contributed by atoms with Gasteiger partial charge in [-0.25, -0.2) is 0 Å². The van der Waals surface area contributed by atoms with Crippen molar-refractivity contribution >= 4 is 11.5 Å². The smallest absolute Gasteiger partial charge is 0.156 e. The number of carbonyl (C=O) groups is 1. The van der Waals surface area contributed by atoms with Crippen LogP contribution in [0, 0.1) is 0 Å². The highest BCUT2D eigenvalue weighted by Crippen LogP contribution is 2.25. The second-order valence-corrected chi connectivity index (χ2v) is 4.14. The molecule has 2 heteroatoms. The first-order valence-corrected chi connectivity index (χ1v) is 5.05. The standard InChI is InChI=1S/C12H15NO/c1-8(2)9-3-4-10-5-11(14)7-13-12(10)6-9/h3-4,6,8,13H,5,7H2,1-2H3. The Morgan fingerprint density at radius 1 is 1.36 bits per heavy atom. The molecule has 0 aliphatic carbocycles. The molecule has 0 atom stereocenters. The zero-order chi connectivity index (χ0) is 10.1. The Labute approximate surface area is 84.3 Å². The topological polar surface area (TPSA) is 29.1 Å². The number of nitrogens with one attached hydrogen (secondary N) is 1. The molecule has 0 saturated carbocycles. The molecule has 2 rings (SSSR count). The number of carbonyl (C=O) groups excluding carboxylic acids is 1. The van der Waals surface area contributed by atoms with Crippen molar-refractivity contribution in [2.24, 2.45) is 0 Å². The number of benzene rings is 1. The van der Waals surface area contributed by atoms with Gasteiger partial charge in [0.25, 0.3) is 0 Å². The van der Waals surface area contributed by atoms with Gasteiger partial charge in [-0.1, -0.05) is 26.0 Å². The van der Waals surface area contributed by atoms with Crippen molar-refractivity contribution in [1.29, 1.82) is 0 Å². The maximum absolute atomic E-state index is 11.2. The Morgan fingerprint density at radius 3 is 2.86 bits per heavy atom. The summed E-state index contributed by atoms with van der Waals surface area (Å²) in [5.74, 6) is 0.814. The van der Waals surface area contributed by atoms with E-state index in [0.717, 1.165) is 11.3 Å². The molecule has 1 aromatic carbocycles. The number of hydrogen-bond acceptors (Lipinski definition) is 2. The van der Waals surface area contributed by atoms with Gasteiger partial charge in [-0.05, 0) is 23.1 Å². The summed E-state index contributed by atoms with van der Waals surface area (Å²) in [6, 6.07) is 6.34. The molecule has 0 bridgehead atoms. The van der Waals surface area contributed by atoms with Gasteiger partial charge in [-0.3, -0.25) is 4.79 Å². The van der Waals surface area contributed by atoms with Crippen molar-refractivity contribution in [3.05, 3.63) is 29.3 Å². The van der Waals surface area contributed by atoms with Crippen LogP contribution in [0.3, 0.4) is 0 Å². The largest absolute Gasteiger partial charge is 0.378 e. The molecule has 0 radical (unpaired) electrons. The third-order valence-electron chi connectivity index (χ3n) is 2.66. The molecular formula is C12H15NO. The average Bonchev–Trinajstić information content (AvgIpc) is 2.16. The SMILES string of the molecule is CC(C)c1ccc2c(c1)NCC(=O)C2. The molecule has 14 heavy (non-hydrogen) atoms. The van der Waals surface area contributed by atoms with E-state index in [9.17, 15) is 4.79 Å². The normalized spacial score (nSPS) is 15.2. The minimum atomic E-state index is 0.273. The molecule has 0 saturated heterocycles. The number of fused-ring (bicyclic) bond motifs is 1. The van der Waals surface area contributed by atoms with E-state index in [1.807, 2.05) is 0 Å². The predicted octanol–water partition coefficient (Wildman–Crippen LogP) is 2.35. The van der Waals surface area contributed by atoms with Crippen molar-refractivity contribution in [2.75, 3.05) is 11.9 Å². The third kappa shape index (κ3) is 1.65. The van der Waals surface area contributed by atoms with Crippen molar-refractivity contribution in [2.45, 2.75) is 26.2 Å². The zero-order valence-electron chi connectivity index (χ0n) is 8.63. The summed E-state index contributed by atoms with van der Waals surface area (Å²) in [6.07, 6.45) is 0.584. The summed E-state index contributed by atoms with van der Waals surface area (Å²) in [6.45, 7) is 4.83. The number of Topliss-reactive ketones (excluding diaryl/α,β-unsaturated/α-hetero) is 1. The maximum atomic E-state index is 11.2. The van der Waals surface area contributed by atoms with Gasteiger partial charge in [0.1, 0.15) is 0 Å². The molecule has 0 unspecified atom stereocenters. The first-order chi connectivity index (χ1) is 6.66. The van der Waals surface area contributed by atoms with Gasteiger partial charge in [-0.15, -0.1) is 0 Å². The lowest BCUT2D eigenvalue weighted by Crippen LogP contribution is -2.22. The Hall–Kier alpha value is -1.31. The van der Waals surface area contributed by atoms with E-state index < -0.39 is 0 Å². The lowest BCUT2D eigenvalue weighted by Gasteiger charge is -2.18. The molecule has 74 valence electrons. The van der Waals surface area contributed by atoms with Gasteiger partial charge < -0.3 is 5.32 Å². The Morgan fingerprint density at radius 2 is 2.14 bits per heavy atom. The highest BCUT2D eigenvalue weighted by Gasteiger charge is 2.15. The van der Waals surface area contributed by atoms with Gasteiger partial charge in [0.2, 0.25) is 0 Å². The van der Waals surface area contributed by atoms with Gasteiger partial charge in [0, 0.05) is 12.1 Å². The molecule has 0 amide bonds. The van der Waals surface area contributed by atoms with E-state index in [-0.39, 0.29) is 5.78 Å². The quantitative estimate of drug-likeness (QED) is 0.734. The Bertz CT molecular complexity index is 369. The fourth-order valence-corrected chi connectivity index (χ4v) is 1.74. The van der Waals surface area contributed by atoms with E-state index >= 15 is 0 Å². The van der Waals surface area contributed by atoms with E-state index in [2.05, 4.69) is 37.4 Å². The second-order valence-electron chi connectivity index (χ2n) is 4.14. The molecule has 1 aliphatic heterocycles. The molecule has 0 fully saturated rings. The molecule has 1 heterocycles. The molecule has 0 spiro atoms. The van der Waals surface area contributed by atoms with E-state index in [1.54, 1.807) is 0 Å². The van der Waals surface area contributed by atoms with Gasteiger partial charge in [-0.2, -0.15) is 0 Å². The monoisotopic (exact) mass is 189 g/mol. The molecule has 1 aromatic rings. The van der Waals surface area contributed by atoms with Crippen LogP contribution < -0.4 is 5.32 Å². The Kier molecular flexibility index (Phi) is 2.28. The van der Waals surface area contributed by atoms with Crippen LogP contribution in [0.15, 0.2) is 18.2 Å². The van der Waals surface area contributed by atoms with Crippen molar-refractivity contribution in [1.82, 2.24) is 0 Å². The fraction of sp³-hybridized carbons (Fsp3) is 0.417. The highest BCUT2D eigenvalue weighted by atomic mass is 16.1. The van der Waals surface area contributed by atoms with Crippen LogP contribution in [0.2, 0.25) is 0 Å². The zero-order valence-corrected chi connectivity index (χ0v) is 8.63. The third-order valence-corrected chi connectivity index (χ3v) is 2.66. The van der Waals surface area contributed by atoms with Crippen molar-refractivity contribution in [3.8, 4) is 0 Å². The summed E-state index contributed by atoms with van der Waals surface area (Å²) in [5, 5.41) is 3.16. The van der Waals surface area contributed by atoms with Crippen LogP contribution in [-0.2, 0) is 11.2 Å². The summed E-state index contributed by atoms with van der Waals surface area (Å²) in [7, 11) is 0. The number of anilines is 1. The highest BCUT2D eigenvalue weighted by molar-refractivity contribution is 5.89. The number of hydrogen-bond donors (Lipinski definition) is 1. The molecule has 1 N–H and O–H groups in total. The molecule has 0 aromatic heterocycles. The number of ketones is 1. The van der Waals surface area contributed by atoms with Gasteiger partial charge in [0.05, 0.1) is 6.54 Å². The summed E-state index contributed by atoms with van der Waals surface area (Å²) < 4.78 is 0. The number of rotatable bonds is 1. The van der Waals surface area contributed by atoms with Crippen LogP contribution in [0.1, 0.15) is 30.9 Å². The Balaban J connectivity index is 2.36. The van der Waals surface area contributed by atoms with Crippen molar-refractivity contribution in [3.63, 3.8) is 0 Å². The second kappa shape index (κ2) is 3.45. The first-order valence-electron chi connectivity index (χ1n) is 5.05. The van der Waals surface area contributed by atoms with E-state index in [0.29, 0.717) is 18.9 Å². The van der Waals surface area contributed by atoms with Crippen LogP contribution >= 0.6 is 0 Å². The average molecular weight is 189 g/mol. The maximum Gasteiger partial charge on any atom is 0.156 e. The first kappa shape index (κ1) is 9.25. The van der Waals surface area contributed by atoms with Crippen LogP contribution in [0.5, 0.6) is 0 Å². The van der Waals surface area contributed by atoms with Gasteiger partial charge >= 0.3 is 0 Å². The van der Waals surface area contributed by atoms with Crippen molar-refractivity contribution < 1.29 is 4.79 Å². The van der Waals surface area contributed by atoms with Gasteiger partial charge in [0.15, 0.2) is 5.78 Å². The molecular weight excluding hydrogens is 174 g/mol. The summed E-state index contributed by atoms with van der Waals surface area (Å²) in [4.78, 5) is 11.2. The summed E-state index contributed by atoms with van der Waals surface area (Å²) >= 11 is 0. The van der Waals surface area contributed by atoms with Crippen LogP contribution in [0.4, 0.5) is 5.69 Å². The molecule has 2 nitrogen and oxygen atoms in total. The molecule has 1 aliphatic rings. The summed E-state index contributed by atoms with van der Waals surface area (Å²) in [5.41, 5.74) is 3.59.